The first kappa shape index (κ1) is 24.2. The highest BCUT2D eigenvalue weighted by Gasteiger charge is 2.32. The van der Waals surface area contributed by atoms with Gasteiger partial charge in [-0.05, 0) is 60.9 Å². The molecule has 3 rings (SSSR count). The normalized spacial score (nSPS) is 14.8. The van der Waals surface area contributed by atoms with Crippen LogP contribution in [0.1, 0.15) is 24.1 Å². The summed E-state index contributed by atoms with van der Waals surface area (Å²) in [5, 5.41) is 5.80. The van der Waals surface area contributed by atoms with Gasteiger partial charge in [-0.15, -0.1) is 0 Å². The van der Waals surface area contributed by atoms with E-state index in [1.807, 2.05) is 31.2 Å². The fraction of sp³-hybridized carbons (Fsp3) is 0.417. The third-order valence-corrected chi connectivity index (χ3v) is 5.45. The minimum absolute atomic E-state index is 0.0517. The van der Waals surface area contributed by atoms with Crippen LogP contribution < -0.4 is 24.8 Å². The summed E-state index contributed by atoms with van der Waals surface area (Å²) in [7, 11) is 4.62. The molecule has 178 valence electrons. The Bertz CT molecular complexity index is 963. The molecule has 1 aliphatic heterocycles. The van der Waals surface area contributed by atoms with E-state index in [1.165, 1.54) is 7.11 Å². The Morgan fingerprint density at radius 1 is 1.06 bits per heavy atom. The van der Waals surface area contributed by atoms with Crippen molar-refractivity contribution in [3.05, 3.63) is 47.5 Å². The fourth-order valence-electron chi connectivity index (χ4n) is 3.88. The third kappa shape index (κ3) is 5.87. The maximum atomic E-state index is 13.2. The number of urea groups is 1. The number of nitrogens with zero attached hydrogens (tertiary/aromatic N) is 1. The summed E-state index contributed by atoms with van der Waals surface area (Å²) in [4.78, 5) is 27.0. The molecule has 1 atom stereocenters. The predicted octanol–water partition coefficient (Wildman–Crippen LogP) is 3.00. The molecule has 0 saturated carbocycles. The van der Waals surface area contributed by atoms with Gasteiger partial charge in [0, 0.05) is 25.9 Å². The van der Waals surface area contributed by atoms with Crippen molar-refractivity contribution in [2.75, 3.05) is 52.9 Å². The summed E-state index contributed by atoms with van der Waals surface area (Å²) >= 11 is 0. The number of fused-ring (bicyclic) bond motifs is 1. The average Bonchev–Trinajstić information content (AvgIpc) is 2.83. The molecule has 0 fully saturated rings. The zero-order valence-electron chi connectivity index (χ0n) is 19.5. The van der Waals surface area contributed by atoms with E-state index in [0.29, 0.717) is 36.8 Å². The summed E-state index contributed by atoms with van der Waals surface area (Å²) in [5.41, 5.74) is 2.60. The summed E-state index contributed by atoms with van der Waals surface area (Å²) in [5.74, 6) is 1.68. The number of hydrogen-bond acceptors (Lipinski definition) is 6. The SMILES string of the molecule is CCOc1ccc(NC(=O)N2CCc3cc(OC)c(OC)cc3C2CNC(=O)COC)cc1. The number of amides is 3. The van der Waals surface area contributed by atoms with Crippen LogP contribution in [0.5, 0.6) is 17.2 Å². The van der Waals surface area contributed by atoms with Gasteiger partial charge < -0.3 is 34.5 Å². The van der Waals surface area contributed by atoms with Crippen LogP contribution in [-0.2, 0) is 16.0 Å². The summed E-state index contributed by atoms with van der Waals surface area (Å²) in [6, 6.07) is 10.4. The molecule has 0 aliphatic carbocycles. The number of methoxy groups -OCH3 is 3. The van der Waals surface area contributed by atoms with Crippen molar-refractivity contribution < 1.29 is 28.5 Å². The van der Waals surface area contributed by atoms with Gasteiger partial charge in [0.25, 0.3) is 0 Å². The van der Waals surface area contributed by atoms with Crippen LogP contribution in [0.3, 0.4) is 0 Å². The molecule has 1 unspecified atom stereocenters. The Morgan fingerprint density at radius 3 is 2.39 bits per heavy atom. The molecular weight excluding hydrogens is 426 g/mol. The molecule has 2 aromatic carbocycles. The van der Waals surface area contributed by atoms with Crippen molar-refractivity contribution in [3.63, 3.8) is 0 Å². The fourth-order valence-corrected chi connectivity index (χ4v) is 3.88. The molecule has 0 radical (unpaired) electrons. The summed E-state index contributed by atoms with van der Waals surface area (Å²) in [6.07, 6.45) is 0.648. The molecule has 33 heavy (non-hydrogen) atoms. The van der Waals surface area contributed by atoms with E-state index >= 15 is 0 Å². The number of carbonyl (C=O) groups excluding carboxylic acids is 2. The lowest BCUT2D eigenvalue weighted by Crippen LogP contribution is -2.47. The van der Waals surface area contributed by atoms with E-state index in [0.717, 1.165) is 16.9 Å². The van der Waals surface area contributed by atoms with E-state index in [1.54, 1.807) is 31.3 Å². The first-order chi connectivity index (χ1) is 16.0. The summed E-state index contributed by atoms with van der Waals surface area (Å²) in [6.45, 7) is 3.16. The average molecular weight is 458 g/mol. The lowest BCUT2D eigenvalue weighted by Gasteiger charge is -2.37. The Morgan fingerprint density at radius 2 is 1.76 bits per heavy atom. The van der Waals surface area contributed by atoms with Crippen molar-refractivity contribution in [1.82, 2.24) is 10.2 Å². The quantitative estimate of drug-likeness (QED) is 0.601. The lowest BCUT2D eigenvalue weighted by molar-refractivity contribution is -0.124. The van der Waals surface area contributed by atoms with Crippen LogP contribution in [0.15, 0.2) is 36.4 Å². The smallest absolute Gasteiger partial charge is 0.322 e. The van der Waals surface area contributed by atoms with E-state index in [-0.39, 0.29) is 25.1 Å². The van der Waals surface area contributed by atoms with E-state index in [2.05, 4.69) is 10.6 Å². The minimum atomic E-state index is -0.392. The zero-order valence-corrected chi connectivity index (χ0v) is 19.5. The van der Waals surface area contributed by atoms with E-state index < -0.39 is 6.04 Å². The first-order valence-corrected chi connectivity index (χ1v) is 10.8. The molecule has 0 saturated heterocycles. The predicted molar refractivity (Wildman–Crippen MR) is 124 cm³/mol. The van der Waals surface area contributed by atoms with Gasteiger partial charge in [-0.1, -0.05) is 0 Å². The summed E-state index contributed by atoms with van der Waals surface area (Å²) < 4.78 is 21.3. The van der Waals surface area contributed by atoms with Crippen LogP contribution in [0, 0.1) is 0 Å². The van der Waals surface area contributed by atoms with Crippen molar-refractivity contribution in [2.45, 2.75) is 19.4 Å². The highest BCUT2D eigenvalue weighted by Crippen LogP contribution is 2.38. The zero-order chi connectivity index (χ0) is 23.8. The van der Waals surface area contributed by atoms with Crippen molar-refractivity contribution >= 4 is 17.6 Å². The number of benzene rings is 2. The number of ether oxygens (including phenoxy) is 4. The van der Waals surface area contributed by atoms with Gasteiger partial charge in [0.05, 0.1) is 26.9 Å². The first-order valence-electron chi connectivity index (χ1n) is 10.8. The van der Waals surface area contributed by atoms with E-state index in [4.69, 9.17) is 18.9 Å². The largest absolute Gasteiger partial charge is 0.494 e. The monoisotopic (exact) mass is 457 g/mol. The van der Waals surface area contributed by atoms with Crippen molar-refractivity contribution in [2.24, 2.45) is 0 Å². The van der Waals surface area contributed by atoms with Crippen LogP contribution >= 0.6 is 0 Å². The third-order valence-electron chi connectivity index (χ3n) is 5.45. The molecular formula is C24H31N3O6. The van der Waals surface area contributed by atoms with Gasteiger partial charge in [0.15, 0.2) is 11.5 Å². The second-order valence-corrected chi connectivity index (χ2v) is 7.49. The number of rotatable bonds is 9. The topological polar surface area (TPSA) is 98.4 Å². The molecule has 1 heterocycles. The lowest BCUT2D eigenvalue weighted by atomic mass is 9.91. The number of anilines is 1. The van der Waals surface area contributed by atoms with Crippen molar-refractivity contribution in [3.8, 4) is 17.2 Å². The molecule has 2 N–H and O–H groups in total. The van der Waals surface area contributed by atoms with Gasteiger partial charge in [0.1, 0.15) is 12.4 Å². The molecule has 0 spiro atoms. The van der Waals surface area contributed by atoms with Gasteiger partial charge in [-0.25, -0.2) is 4.79 Å². The molecule has 9 nitrogen and oxygen atoms in total. The maximum absolute atomic E-state index is 13.2. The van der Waals surface area contributed by atoms with E-state index in [9.17, 15) is 9.59 Å². The standard InChI is InChI=1S/C24H31N3O6/c1-5-33-18-8-6-17(7-9-18)26-24(29)27-11-10-16-12-21(31-3)22(32-4)13-19(16)20(27)14-25-23(28)15-30-2/h6-9,12-13,20H,5,10-11,14-15H2,1-4H3,(H,25,28)(H,26,29). The van der Waals surface area contributed by atoms with Gasteiger partial charge in [0.2, 0.25) is 5.91 Å². The molecule has 2 aromatic rings. The van der Waals surface area contributed by atoms with Gasteiger partial charge in [-0.2, -0.15) is 0 Å². The van der Waals surface area contributed by atoms with Gasteiger partial charge >= 0.3 is 6.03 Å². The van der Waals surface area contributed by atoms with Crippen molar-refractivity contribution in [1.29, 1.82) is 0 Å². The molecule has 0 bridgehead atoms. The highest BCUT2D eigenvalue weighted by molar-refractivity contribution is 5.90. The molecule has 1 aliphatic rings. The number of carbonyl (C=O) groups is 2. The minimum Gasteiger partial charge on any atom is -0.494 e. The Kier molecular flexibility index (Phi) is 8.37. The Labute approximate surface area is 193 Å². The van der Waals surface area contributed by atoms with Crippen LogP contribution in [0.25, 0.3) is 0 Å². The number of nitrogens with one attached hydrogen (secondary N) is 2. The Balaban J connectivity index is 1.85. The second-order valence-electron chi connectivity index (χ2n) is 7.49. The van der Waals surface area contributed by atoms with Crippen LogP contribution in [0.4, 0.5) is 10.5 Å². The Hall–Kier alpha value is -3.46. The highest BCUT2D eigenvalue weighted by atomic mass is 16.5. The maximum Gasteiger partial charge on any atom is 0.322 e. The van der Waals surface area contributed by atoms with Gasteiger partial charge in [-0.3, -0.25) is 4.79 Å². The van der Waals surface area contributed by atoms with Crippen LogP contribution in [0.2, 0.25) is 0 Å². The molecule has 9 heteroatoms. The molecule has 3 amide bonds. The molecule has 0 aromatic heterocycles. The second kappa shape index (κ2) is 11.4. The van der Waals surface area contributed by atoms with Crippen LogP contribution in [-0.4, -0.2) is 64.5 Å². The number of hydrogen-bond donors (Lipinski definition) is 2.